The molecule has 0 radical (unpaired) electrons. The lowest BCUT2D eigenvalue weighted by Crippen LogP contribution is -2.33. The highest BCUT2D eigenvalue weighted by Crippen LogP contribution is 2.31. The van der Waals surface area contributed by atoms with Crippen molar-refractivity contribution in [2.75, 3.05) is 23.1 Å². The smallest absolute Gasteiger partial charge is 0.244 e. The summed E-state index contributed by atoms with van der Waals surface area (Å²) in [5.41, 5.74) is 1.54. The van der Waals surface area contributed by atoms with Crippen LogP contribution in [0.1, 0.15) is 25.0 Å². The molecule has 0 N–H and O–H groups in total. The third kappa shape index (κ3) is 4.26. The van der Waals surface area contributed by atoms with Gasteiger partial charge in [0.2, 0.25) is 26.0 Å². The van der Waals surface area contributed by atoms with Gasteiger partial charge in [0, 0.05) is 25.5 Å². The van der Waals surface area contributed by atoms with Crippen LogP contribution in [0.25, 0.3) is 0 Å². The van der Waals surface area contributed by atoms with E-state index in [1.807, 2.05) is 12.1 Å². The van der Waals surface area contributed by atoms with Gasteiger partial charge in [-0.1, -0.05) is 13.8 Å². The third-order valence-electron chi connectivity index (χ3n) is 5.12. The maximum absolute atomic E-state index is 13.2. The summed E-state index contributed by atoms with van der Waals surface area (Å²) in [6.07, 6.45) is 3.88. The molecule has 1 saturated heterocycles. The highest BCUT2D eigenvalue weighted by Gasteiger charge is 2.42. The lowest BCUT2D eigenvalue weighted by molar-refractivity contribution is -0.119. The Bertz CT molecular complexity index is 1150. The number of aromatic nitrogens is 1. The zero-order chi connectivity index (χ0) is 22.1. The monoisotopic (exact) mass is 451 g/mol. The average Bonchev–Trinajstić information content (AvgIpc) is 2.89. The van der Waals surface area contributed by atoms with E-state index in [9.17, 15) is 21.6 Å². The Labute approximate surface area is 177 Å². The Hall–Kier alpha value is -2.30. The van der Waals surface area contributed by atoms with Crippen molar-refractivity contribution in [1.82, 2.24) is 9.29 Å². The van der Waals surface area contributed by atoms with Crippen molar-refractivity contribution in [2.24, 2.45) is 5.92 Å². The molecule has 0 aliphatic carbocycles. The number of carbonyl (C=O) groups excluding carboxylic acids is 1. The Balaban J connectivity index is 1.88. The fourth-order valence-electron chi connectivity index (χ4n) is 3.53. The number of carbonyl (C=O) groups is 1. The first-order valence-electron chi connectivity index (χ1n) is 9.64. The minimum Gasteiger partial charge on any atom is -0.273 e. The number of sulfonamides is 2. The average molecular weight is 452 g/mol. The molecule has 1 fully saturated rings. The molecule has 0 saturated carbocycles. The van der Waals surface area contributed by atoms with Gasteiger partial charge in [-0.2, -0.15) is 4.31 Å². The van der Waals surface area contributed by atoms with Crippen molar-refractivity contribution >= 4 is 31.6 Å². The van der Waals surface area contributed by atoms with E-state index >= 15 is 0 Å². The van der Waals surface area contributed by atoms with E-state index in [4.69, 9.17) is 0 Å². The molecule has 2 heterocycles. The Kier molecular flexibility index (Phi) is 6.30. The molecule has 162 valence electrons. The third-order valence-corrected chi connectivity index (χ3v) is 9.13. The second-order valence-electron chi connectivity index (χ2n) is 7.33. The molecule has 1 atom stereocenters. The number of likely N-dealkylation sites (N-methyl/N-ethyl adjacent to an activating group) is 1. The van der Waals surface area contributed by atoms with Crippen molar-refractivity contribution in [3.05, 3.63) is 53.9 Å². The van der Waals surface area contributed by atoms with Crippen molar-refractivity contribution in [3.63, 3.8) is 0 Å². The van der Waals surface area contributed by atoms with E-state index in [-0.39, 0.29) is 16.3 Å². The number of aryl methyl sites for hydroxylation is 1. The van der Waals surface area contributed by atoms with E-state index in [0.29, 0.717) is 25.1 Å². The number of amides is 1. The van der Waals surface area contributed by atoms with Gasteiger partial charge in [0.1, 0.15) is 0 Å². The molecule has 1 unspecified atom stereocenters. The van der Waals surface area contributed by atoms with Crippen LogP contribution < -0.4 is 4.31 Å². The summed E-state index contributed by atoms with van der Waals surface area (Å²) in [6.45, 7) is 5.54. The molecule has 1 aliphatic rings. The van der Waals surface area contributed by atoms with Crippen molar-refractivity contribution < 1.29 is 21.6 Å². The second-order valence-corrected chi connectivity index (χ2v) is 11.1. The fraction of sp³-hybridized carbons (Fsp3) is 0.400. The number of hydrogen-bond acceptors (Lipinski definition) is 6. The fourth-order valence-corrected chi connectivity index (χ4v) is 6.99. The molecule has 2 aromatic rings. The number of pyridine rings is 1. The van der Waals surface area contributed by atoms with Crippen LogP contribution in [0.3, 0.4) is 0 Å². The summed E-state index contributed by atoms with van der Waals surface area (Å²) in [7, 11) is -7.53. The lowest BCUT2D eigenvalue weighted by Gasteiger charge is -2.23. The van der Waals surface area contributed by atoms with E-state index < -0.39 is 31.9 Å². The molecule has 8 nitrogen and oxygen atoms in total. The van der Waals surface area contributed by atoms with Crippen LogP contribution in [0.4, 0.5) is 5.69 Å². The molecule has 3 rings (SSSR count). The van der Waals surface area contributed by atoms with Gasteiger partial charge in [-0.3, -0.25) is 9.78 Å². The van der Waals surface area contributed by atoms with Crippen molar-refractivity contribution in [2.45, 2.75) is 32.1 Å². The van der Waals surface area contributed by atoms with E-state index in [1.165, 1.54) is 22.5 Å². The molecule has 1 aliphatic heterocycles. The van der Waals surface area contributed by atoms with Gasteiger partial charge in [-0.15, -0.1) is 0 Å². The molecule has 1 aromatic heterocycles. The van der Waals surface area contributed by atoms with Crippen LogP contribution in [0.15, 0.2) is 47.6 Å². The maximum Gasteiger partial charge on any atom is 0.244 e. The summed E-state index contributed by atoms with van der Waals surface area (Å²) in [6, 6.07) is 7.88. The van der Waals surface area contributed by atoms with Gasteiger partial charge in [0.15, 0.2) is 0 Å². The summed E-state index contributed by atoms with van der Waals surface area (Å²) in [5.74, 6) is -1.37. The van der Waals surface area contributed by atoms with Crippen LogP contribution in [-0.2, 0) is 31.3 Å². The topological polar surface area (TPSA) is 105 Å². The number of nitrogens with zero attached hydrogens (tertiary/aromatic N) is 3. The molecule has 0 spiro atoms. The number of anilines is 1. The van der Waals surface area contributed by atoms with Gasteiger partial charge in [0.05, 0.1) is 22.3 Å². The molecular weight excluding hydrogens is 426 g/mol. The van der Waals surface area contributed by atoms with Gasteiger partial charge >= 0.3 is 0 Å². The van der Waals surface area contributed by atoms with E-state index in [2.05, 4.69) is 4.98 Å². The predicted molar refractivity (Wildman–Crippen MR) is 114 cm³/mol. The molecule has 1 aromatic carbocycles. The largest absolute Gasteiger partial charge is 0.273 e. The highest BCUT2D eigenvalue weighted by atomic mass is 32.2. The van der Waals surface area contributed by atoms with Gasteiger partial charge in [0.25, 0.3) is 0 Å². The first-order chi connectivity index (χ1) is 14.1. The van der Waals surface area contributed by atoms with Crippen LogP contribution in [0.2, 0.25) is 0 Å². The molecule has 1 amide bonds. The minimum absolute atomic E-state index is 0.0971. The molecule has 10 heteroatoms. The van der Waals surface area contributed by atoms with Crippen LogP contribution in [0.5, 0.6) is 0 Å². The second kappa shape index (κ2) is 8.44. The zero-order valence-electron chi connectivity index (χ0n) is 17.1. The SMILES string of the molecule is CCN(CCc1ccncc1)S(=O)(=O)c1ccc(N2C(=O)C(C)CS2(=O)=O)cc1C. The first-order valence-corrected chi connectivity index (χ1v) is 12.7. The standard InChI is InChI=1S/C20H25N3O5S2/c1-4-22(12-9-17-7-10-21-11-8-17)30(27,28)19-6-5-18(13-15(19)2)23-20(24)16(3)14-29(23,25)26/h5-8,10-11,13,16H,4,9,12,14H2,1-3H3. The molecular formula is C20H25N3O5S2. The first kappa shape index (κ1) is 22.4. The summed E-state index contributed by atoms with van der Waals surface area (Å²) < 4.78 is 53.2. The Morgan fingerprint density at radius 1 is 1.20 bits per heavy atom. The number of rotatable bonds is 7. The highest BCUT2D eigenvalue weighted by molar-refractivity contribution is 7.94. The predicted octanol–water partition coefficient (Wildman–Crippen LogP) is 1.96. The van der Waals surface area contributed by atoms with Crippen LogP contribution in [-0.4, -0.2) is 50.9 Å². The van der Waals surface area contributed by atoms with Crippen LogP contribution >= 0.6 is 0 Å². The summed E-state index contributed by atoms with van der Waals surface area (Å²) in [5, 5.41) is 0. The van der Waals surface area contributed by atoms with E-state index in [0.717, 1.165) is 9.87 Å². The van der Waals surface area contributed by atoms with Gasteiger partial charge in [-0.25, -0.2) is 21.1 Å². The van der Waals surface area contributed by atoms with Gasteiger partial charge in [-0.05, 0) is 54.8 Å². The Morgan fingerprint density at radius 2 is 1.87 bits per heavy atom. The van der Waals surface area contributed by atoms with Gasteiger partial charge < -0.3 is 0 Å². The quantitative estimate of drug-likeness (QED) is 0.637. The van der Waals surface area contributed by atoms with E-state index in [1.54, 1.807) is 33.2 Å². The van der Waals surface area contributed by atoms with Crippen molar-refractivity contribution in [1.29, 1.82) is 0 Å². The minimum atomic E-state index is -3.78. The molecule has 30 heavy (non-hydrogen) atoms. The summed E-state index contributed by atoms with van der Waals surface area (Å²) in [4.78, 5) is 16.4. The number of benzene rings is 1. The molecule has 0 bridgehead atoms. The summed E-state index contributed by atoms with van der Waals surface area (Å²) >= 11 is 0. The zero-order valence-corrected chi connectivity index (χ0v) is 18.8. The number of hydrogen-bond donors (Lipinski definition) is 0. The lowest BCUT2D eigenvalue weighted by atomic mass is 10.2. The van der Waals surface area contributed by atoms with Crippen LogP contribution in [0, 0.1) is 12.8 Å². The Morgan fingerprint density at radius 3 is 2.40 bits per heavy atom. The normalized spacial score (nSPS) is 18.9. The maximum atomic E-state index is 13.2. The van der Waals surface area contributed by atoms with Crippen molar-refractivity contribution in [3.8, 4) is 0 Å².